The molecule has 0 radical (unpaired) electrons. The Bertz CT molecular complexity index is 1460. The van der Waals surface area contributed by atoms with Crippen LogP contribution in [0.2, 0.25) is 0 Å². The van der Waals surface area contributed by atoms with Gasteiger partial charge in [0.25, 0.3) is 11.6 Å². The number of nitro benzene ring substituents is 1. The number of benzene rings is 3. The van der Waals surface area contributed by atoms with Crippen molar-refractivity contribution in [1.29, 1.82) is 0 Å². The van der Waals surface area contributed by atoms with E-state index in [1.165, 1.54) is 19.4 Å². The first-order valence-electron chi connectivity index (χ1n) is 10.7. The second-order valence-corrected chi connectivity index (χ2v) is 10.2. The van der Waals surface area contributed by atoms with Crippen LogP contribution in [0.1, 0.15) is 28.4 Å². The third-order valence-electron chi connectivity index (χ3n) is 4.84. The van der Waals surface area contributed by atoms with Crippen molar-refractivity contribution in [2.45, 2.75) is 18.7 Å². The predicted molar refractivity (Wildman–Crippen MR) is 144 cm³/mol. The van der Waals surface area contributed by atoms with Crippen molar-refractivity contribution in [3.05, 3.63) is 85.0 Å². The van der Waals surface area contributed by atoms with Gasteiger partial charge in [0, 0.05) is 12.1 Å². The number of hydrazone groups is 1. The van der Waals surface area contributed by atoms with E-state index in [1.807, 2.05) is 29.5 Å². The number of hydrogen-bond acceptors (Lipinski definition) is 9. The molecule has 3 aromatic rings. The highest BCUT2D eigenvalue weighted by Crippen LogP contribution is 2.36. The maximum absolute atomic E-state index is 12.8. The molecule has 0 saturated carbocycles. The second-order valence-electron chi connectivity index (χ2n) is 7.45. The summed E-state index contributed by atoms with van der Waals surface area (Å²) < 4.78 is 42.1. The lowest BCUT2D eigenvalue weighted by atomic mass is 10.1. The summed E-state index contributed by atoms with van der Waals surface area (Å²) in [6.07, 6.45) is 1.37. The number of halogens is 1. The minimum atomic E-state index is -4.31. The SMILES string of the molecule is CCOc1cc(/C=N\NC(=O)c2ccc(C)cc2OC)cc(I)c1OS(=O)(=O)c1ccc([N+](=O)[O-])cc1. The molecular formula is C24H22IN3O8S. The summed E-state index contributed by atoms with van der Waals surface area (Å²) in [5.41, 5.74) is 3.94. The highest BCUT2D eigenvalue weighted by molar-refractivity contribution is 14.1. The summed E-state index contributed by atoms with van der Waals surface area (Å²) in [6, 6.07) is 12.6. The van der Waals surface area contributed by atoms with Crippen LogP contribution in [-0.2, 0) is 10.1 Å². The summed E-state index contributed by atoms with van der Waals surface area (Å²) >= 11 is 1.89. The average Bonchev–Trinajstić information content (AvgIpc) is 2.86. The van der Waals surface area contributed by atoms with Crippen LogP contribution in [0.15, 0.2) is 64.6 Å². The molecule has 3 rings (SSSR count). The van der Waals surface area contributed by atoms with Crippen LogP contribution in [0.3, 0.4) is 0 Å². The molecule has 13 heteroatoms. The monoisotopic (exact) mass is 639 g/mol. The molecular weight excluding hydrogens is 617 g/mol. The van der Waals surface area contributed by atoms with Crippen molar-refractivity contribution in [3.63, 3.8) is 0 Å². The lowest BCUT2D eigenvalue weighted by Crippen LogP contribution is -2.18. The van der Waals surface area contributed by atoms with Crippen LogP contribution in [0.5, 0.6) is 17.2 Å². The van der Waals surface area contributed by atoms with Crippen LogP contribution in [0, 0.1) is 20.6 Å². The molecule has 0 heterocycles. The third kappa shape index (κ3) is 6.95. The fraction of sp³-hybridized carbons (Fsp3) is 0.167. The predicted octanol–water partition coefficient (Wildman–Crippen LogP) is 4.45. The van der Waals surface area contributed by atoms with Gasteiger partial charge >= 0.3 is 10.1 Å². The number of non-ortho nitro benzene ring substituents is 1. The number of nitro groups is 1. The maximum atomic E-state index is 12.8. The minimum Gasteiger partial charge on any atom is -0.496 e. The summed E-state index contributed by atoms with van der Waals surface area (Å²) in [5, 5.41) is 14.8. The quantitative estimate of drug-likeness (QED) is 0.113. The fourth-order valence-corrected chi connectivity index (χ4v) is 4.95. The molecule has 0 atom stereocenters. The number of carbonyl (C=O) groups is 1. The molecule has 0 aromatic heterocycles. The molecule has 1 amide bonds. The van der Waals surface area contributed by atoms with Crippen LogP contribution in [0.4, 0.5) is 5.69 Å². The topological polar surface area (TPSA) is 146 Å². The zero-order valence-electron chi connectivity index (χ0n) is 19.9. The third-order valence-corrected chi connectivity index (χ3v) is 6.88. The fourth-order valence-electron chi connectivity index (χ4n) is 3.11. The van der Waals surface area contributed by atoms with E-state index in [-0.39, 0.29) is 28.7 Å². The lowest BCUT2D eigenvalue weighted by molar-refractivity contribution is -0.384. The Morgan fingerprint density at radius 3 is 2.46 bits per heavy atom. The molecule has 1 N–H and O–H groups in total. The molecule has 0 aliphatic heterocycles. The number of carbonyl (C=O) groups excluding carboxylic acids is 1. The molecule has 11 nitrogen and oxygen atoms in total. The van der Waals surface area contributed by atoms with Gasteiger partial charge in [0.2, 0.25) is 0 Å². The van der Waals surface area contributed by atoms with Gasteiger partial charge in [0.15, 0.2) is 11.5 Å². The van der Waals surface area contributed by atoms with E-state index in [1.54, 1.807) is 31.2 Å². The zero-order valence-corrected chi connectivity index (χ0v) is 22.9. The Morgan fingerprint density at radius 1 is 1.14 bits per heavy atom. The number of rotatable bonds is 10. The van der Waals surface area contributed by atoms with Gasteiger partial charge in [0.1, 0.15) is 10.6 Å². The van der Waals surface area contributed by atoms with Crippen molar-refractivity contribution < 1.29 is 31.8 Å². The van der Waals surface area contributed by atoms with Gasteiger partial charge in [0.05, 0.1) is 34.0 Å². The van der Waals surface area contributed by atoms with Crippen molar-refractivity contribution in [2.24, 2.45) is 5.10 Å². The number of ether oxygens (including phenoxy) is 2. The van der Waals surface area contributed by atoms with Gasteiger partial charge in [-0.25, -0.2) is 5.43 Å². The number of nitrogens with one attached hydrogen (secondary N) is 1. The summed E-state index contributed by atoms with van der Waals surface area (Å²) in [4.78, 5) is 22.5. The van der Waals surface area contributed by atoms with E-state index >= 15 is 0 Å². The molecule has 37 heavy (non-hydrogen) atoms. The number of methoxy groups -OCH3 is 1. The maximum Gasteiger partial charge on any atom is 0.339 e. The Morgan fingerprint density at radius 2 is 1.84 bits per heavy atom. The molecule has 0 saturated heterocycles. The Hall–Kier alpha value is -3.72. The second kappa shape index (κ2) is 12.0. The van der Waals surface area contributed by atoms with Gasteiger partial charge in [-0.3, -0.25) is 14.9 Å². The Balaban J connectivity index is 1.83. The van der Waals surface area contributed by atoms with Gasteiger partial charge in [-0.15, -0.1) is 0 Å². The van der Waals surface area contributed by atoms with Crippen molar-refractivity contribution >= 4 is 50.5 Å². The first-order valence-corrected chi connectivity index (χ1v) is 13.2. The zero-order chi connectivity index (χ0) is 27.2. The summed E-state index contributed by atoms with van der Waals surface area (Å²) in [5.74, 6) is 0.0258. The minimum absolute atomic E-state index is 0.0496. The van der Waals surface area contributed by atoms with Crippen LogP contribution in [-0.4, -0.2) is 39.2 Å². The van der Waals surface area contributed by atoms with Crippen molar-refractivity contribution in [3.8, 4) is 17.2 Å². The number of nitrogens with zero attached hydrogens (tertiary/aromatic N) is 2. The van der Waals surface area contributed by atoms with E-state index in [2.05, 4.69) is 10.5 Å². The van der Waals surface area contributed by atoms with Crippen molar-refractivity contribution in [1.82, 2.24) is 5.43 Å². The molecule has 0 aliphatic carbocycles. The van der Waals surface area contributed by atoms with Gasteiger partial charge in [-0.2, -0.15) is 13.5 Å². The van der Waals surface area contributed by atoms with Gasteiger partial charge in [-0.05, 0) is 84.0 Å². The molecule has 0 bridgehead atoms. The van der Waals surface area contributed by atoms with E-state index in [0.717, 1.165) is 29.8 Å². The normalized spacial score (nSPS) is 11.2. The number of hydrogen-bond donors (Lipinski definition) is 1. The Kier molecular flexibility index (Phi) is 9.04. The van der Waals surface area contributed by atoms with Gasteiger partial charge < -0.3 is 13.7 Å². The lowest BCUT2D eigenvalue weighted by Gasteiger charge is -2.14. The van der Waals surface area contributed by atoms with E-state index < -0.39 is 20.9 Å². The van der Waals surface area contributed by atoms with Crippen LogP contribution in [0.25, 0.3) is 0 Å². The summed E-state index contributed by atoms with van der Waals surface area (Å²) in [7, 11) is -2.84. The molecule has 0 aliphatic rings. The molecule has 3 aromatic carbocycles. The number of amides is 1. The average molecular weight is 639 g/mol. The standard InChI is InChI=1S/C24H22IN3O8S/c1-4-35-22-13-16(14-26-27-24(29)19-10-5-15(2)11-21(19)34-3)12-20(25)23(22)36-37(32,33)18-8-6-17(7-9-18)28(30)31/h5-14H,4H2,1-3H3,(H,27,29)/b26-14-. The van der Waals surface area contributed by atoms with Gasteiger partial charge in [-0.1, -0.05) is 6.07 Å². The van der Waals surface area contributed by atoms with E-state index in [9.17, 15) is 23.3 Å². The first kappa shape index (κ1) is 27.9. The molecule has 0 spiro atoms. The first-order chi connectivity index (χ1) is 17.6. The summed E-state index contributed by atoms with van der Waals surface area (Å²) in [6.45, 7) is 3.82. The van der Waals surface area contributed by atoms with Crippen LogP contribution < -0.4 is 19.1 Å². The molecule has 194 valence electrons. The Labute approximate surface area is 226 Å². The van der Waals surface area contributed by atoms with Crippen LogP contribution >= 0.6 is 22.6 Å². The van der Waals surface area contributed by atoms with E-state index in [0.29, 0.717) is 20.4 Å². The highest BCUT2D eigenvalue weighted by Gasteiger charge is 2.23. The van der Waals surface area contributed by atoms with Crippen molar-refractivity contribution in [2.75, 3.05) is 13.7 Å². The largest absolute Gasteiger partial charge is 0.496 e. The number of aryl methyl sites for hydroxylation is 1. The molecule has 0 unspecified atom stereocenters. The highest BCUT2D eigenvalue weighted by atomic mass is 127. The smallest absolute Gasteiger partial charge is 0.339 e. The molecule has 0 fully saturated rings. The van der Waals surface area contributed by atoms with E-state index in [4.69, 9.17) is 13.7 Å².